The van der Waals surface area contributed by atoms with E-state index in [9.17, 15) is 23.3 Å². The normalized spacial score (nSPS) is 26.5. The van der Waals surface area contributed by atoms with Crippen LogP contribution in [0.15, 0.2) is 0 Å². The van der Waals surface area contributed by atoms with Crippen molar-refractivity contribution >= 4 is 47.5 Å². The zero-order valence-corrected chi connectivity index (χ0v) is 20.8. The Morgan fingerprint density at radius 3 is 1.90 bits per heavy atom. The van der Waals surface area contributed by atoms with E-state index in [0.717, 1.165) is 23.5 Å². The molecule has 1 fully saturated rings. The quantitative estimate of drug-likeness (QED) is 0.221. The van der Waals surface area contributed by atoms with E-state index in [4.69, 9.17) is 23.0 Å². The zero-order chi connectivity index (χ0) is 23.6. The lowest BCUT2D eigenvalue weighted by atomic mass is 9.84. The molecule has 2 unspecified atom stereocenters. The SMILES string of the molecule is CC(=O)OC1[C@@H](OP(=O)(OCCSC(C)=O)OCCSC(C)=O)OC(CF)[C@@H](C)[C@@H]1C. The minimum atomic E-state index is -4.26. The molecule has 0 N–H and O–H groups in total. The van der Waals surface area contributed by atoms with Crippen molar-refractivity contribution in [3.05, 3.63) is 0 Å². The van der Waals surface area contributed by atoms with Crippen LogP contribution in [0, 0.1) is 11.8 Å². The molecular weight excluding hydrogens is 474 g/mol. The van der Waals surface area contributed by atoms with Gasteiger partial charge in [0.2, 0.25) is 6.29 Å². The van der Waals surface area contributed by atoms with Crippen LogP contribution in [0.5, 0.6) is 0 Å². The van der Waals surface area contributed by atoms with Gasteiger partial charge in [-0.3, -0.25) is 28.0 Å². The summed E-state index contributed by atoms with van der Waals surface area (Å²) in [5, 5.41) is -0.283. The number of carbonyl (C=O) groups is 3. The third-order valence-electron chi connectivity index (χ3n) is 4.47. The minimum absolute atomic E-state index is 0.134. The van der Waals surface area contributed by atoms with Crippen LogP contribution in [0.25, 0.3) is 0 Å². The number of esters is 1. The molecule has 0 radical (unpaired) electrons. The van der Waals surface area contributed by atoms with Crippen LogP contribution in [0.4, 0.5) is 4.39 Å². The number of hydrogen-bond acceptors (Lipinski definition) is 11. The number of phosphoric acid groups is 1. The van der Waals surface area contributed by atoms with E-state index >= 15 is 0 Å². The first-order valence-corrected chi connectivity index (χ1v) is 13.1. The zero-order valence-electron chi connectivity index (χ0n) is 18.2. The van der Waals surface area contributed by atoms with E-state index in [1.807, 2.05) is 0 Å². The molecule has 1 rings (SSSR count). The number of carbonyl (C=O) groups excluding carboxylic acids is 3. The topological polar surface area (TPSA) is 114 Å². The Kier molecular flexibility index (Phi) is 12.8. The molecular formula is C18H30FO9PS2. The highest BCUT2D eigenvalue weighted by molar-refractivity contribution is 8.13. The van der Waals surface area contributed by atoms with Crippen LogP contribution in [-0.2, 0) is 42.0 Å². The number of thioether (sulfide) groups is 2. The first-order chi connectivity index (χ1) is 14.5. The van der Waals surface area contributed by atoms with Crippen molar-refractivity contribution in [2.24, 2.45) is 11.8 Å². The van der Waals surface area contributed by atoms with Gasteiger partial charge >= 0.3 is 13.8 Å². The van der Waals surface area contributed by atoms with E-state index in [-0.39, 0.29) is 46.8 Å². The summed E-state index contributed by atoms with van der Waals surface area (Å²) < 4.78 is 53.7. The molecule has 0 saturated carbocycles. The molecule has 0 spiro atoms. The molecule has 5 atom stereocenters. The second kappa shape index (κ2) is 13.9. The molecule has 1 aliphatic rings. The molecule has 9 nitrogen and oxygen atoms in total. The first-order valence-electron chi connectivity index (χ1n) is 9.72. The van der Waals surface area contributed by atoms with E-state index in [1.165, 1.54) is 20.8 Å². The lowest BCUT2D eigenvalue weighted by Gasteiger charge is -2.43. The van der Waals surface area contributed by atoms with Gasteiger partial charge < -0.3 is 9.47 Å². The van der Waals surface area contributed by atoms with Crippen LogP contribution >= 0.6 is 31.3 Å². The van der Waals surface area contributed by atoms with Gasteiger partial charge in [0, 0.05) is 38.2 Å². The Morgan fingerprint density at radius 1 is 0.968 bits per heavy atom. The summed E-state index contributed by atoms with van der Waals surface area (Å²) in [5.74, 6) is -0.860. The van der Waals surface area contributed by atoms with E-state index < -0.39 is 39.0 Å². The molecule has 0 aromatic carbocycles. The average Bonchev–Trinajstić information content (AvgIpc) is 2.68. The standard InChI is InChI=1S/C18H30FO9PS2/c1-11-12(2)17(26-13(3)20)18(27-16(11)10-19)28-29(23,24-6-8-30-14(4)21)25-7-9-31-15(5)22/h11-12,16-18H,6-10H2,1-5H3/t11-,12-,16?,17?,18+/m0/s1. The van der Waals surface area contributed by atoms with Crippen molar-refractivity contribution < 1.29 is 46.4 Å². The van der Waals surface area contributed by atoms with Gasteiger partial charge in [-0.15, -0.1) is 0 Å². The van der Waals surface area contributed by atoms with E-state index in [1.54, 1.807) is 13.8 Å². The van der Waals surface area contributed by atoms with Gasteiger partial charge in [-0.25, -0.2) is 8.96 Å². The third-order valence-corrected chi connectivity index (χ3v) is 7.49. The Hall–Kier alpha value is -0.490. The Bertz CT molecular complexity index is 640. The highest BCUT2D eigenvalue weighted by Gasteiger charge is 2.47. The molecule has 1 aliphatic heterocycles. The number of alkyl halides is 1. The summed E-state index contributed by atoms with van der Waals surface area (Å²) in [7, 11) is -4.26. The molecule has 180 valence electrons. The average molecular weight is 505 g/mol. The summed E-state index contributed by atoms with van der Waals surface area (Å²) in [6.45, 7) is 6.40. The van der Waals surface area contributed by atoms with Crippen molar-refractivity contribution in [1.29, 1.82) is 0 Å². The second-order valence-corrected chi connectivity index (χ2v) is 11.1. The van der Waals surface area contributed by atoms with Gasteiger partial charge in [0.15, 0.2) is 16.3 Å². The molecule has 1 saturated heterocycles. The predicted octanol–water partition coefficient (Wildman–Crippen LogP) is 3.60. The van der Waals surface area contributed by atoms with Crippen LogP contribution in [-0.4, -0.2) is 66.1 Å². The fraction of sp³-hybridized carbons (Fsp3) is 0.833. The highest BCUT2D eigenvalue weighted by Crippen LogP contribution is 2.53. The van der Waals surface area contributed by atoms with Gasteiger partial charge in [-0.2, -0.15) is 0 Å². The maximum absolute atomic E-state index is 13.5. The summed E-state index contributed by atoms with van der Waals surface area (Å²) >= 11 is 1.94. The van der Waals surface area contributed by atoms with E-state index in [0.29, 0.717) is 0 Å². The van der Waals surface area contributed by atoms with Crippen molar-refractivity contribution in [3.63, 3.8) is 0 Å². The van der Waals surface area contributed by atoms with Gasteiger partial charge in [-0.05, 0) is 5.92 Å². The van der Waals surface area contributed by atoms with Gasteiger partial charge in [-0.1, -0.05) is 37.4 Å². The number of rotatable bonds is 12. The maximum Gasteiger partial charge on any atom is 0.477 e. The molecule has 0 bridgehead atoms. The largest absolute Gasteiger partial charge is 0.477 e. The van der Waals surface area contributed by atoms with Gasteiger partial charge in [0.05, 0.1) is 19.3 Å². The molecule has 31 heavy (non-hydrogen) atoms. The molecule has 0 aromatic heterocycles. The third kappa shape index (κ3) is 10.3. The number of phosphoric ester groups is 1. The Labute approximate surface area is 190 Å². The van der Waals surface area contributed by atoms with Crippen LogP contribution < -0.4 is 0 Å². The maximum atomic E-state index is 13.5. The minimum Gasteiger partial charge on any atom is -0.457 e. The van der Waals surface area contributed by atoms with Crippen LogP contribution in [0.3, 0.4) is 0 Å². The highest BCUT2D eigenvalue weighted by atomic mass is 32.2. The summed E-state index contributed by atoms with van der Waals surface area (Å²) in [5.41, 5.74) is 0. The Balaban J connectivity index is 2.96. The second-order valence-electron chi connectivity index (χ2n) is 6.89. The van der Waals surface area contributed by atoms with Crippen molar-refractivity contribution in [2.75, 3.05) is 31.4 Å². The summed E-state index contributed by atoms with van der Waals surface area (Å²) in [6.07, 6.45) is -3.21. The van der Waals surface area contributed by atoms with Crippen molar-refractivity contribution in [1.82, 2.24) is 0 Å². The van der Waals surface area contributed by atoms with Crippen LogP contribution in [0.2, 0.25) is 0 Å². The molecule has 0 aromatic rings. The van der Waals surface area contributed by atoms with Crippen molar-refractivity contribution in [3.8, 4) is 0 Å². The number of hydrogen-bond donors (Lipinski definition) is 0. The monoisotopic (exact) mass is 504 g/mol. The smallest absolute Gasteiger partial charge is 0.457 e. The predicted molar refractivity (Wildman–Crippen MR) is 115 cm³/mol. The Morgan fingerprint density at radius 2 is 1.48 bits per heavy atom. The van der Waals surface area contributed by atoms with Gasteiger partial charge in [0.1, 0.15) is 6.67 Å². The fourth-order valence-electron chi connectivity index (χ4n) is 2.77. The lowest BCUT2D eigenvalue weighted by Crippen LogP contribution is -2.52. The fourth-order valence-corrected chi connectivity index (χ4v) is 5.18. The molecule has 0 amide bonds. The summed E-state index contributed by atoms with van der Waals surface area (Å²) in [4.78, 5) is 33.7. The number of halogens is 1. The van der Waals surface area contributed by atoms with Crippen molar-refractivity contribution in [2.45, 2.75) is 53.1 Å². The van der Waals surface area contributed by atoms with Gasteiger partial charge in [0.25, 0.3) is 0 Å². The first kappa shape index (κ1) is 28.5. The number of ether oxygens (including phenoxy) is 2. The van der Waals surface area contributed by atoms with Crippen LogP contribution in [0.1, 0.15) is 34.6 Å². The molecule has 0 aliphatic carbocycles. The molecule has 1 heterocycles. The lowest BCUT2D eigenvalue weighted by molar-refractivity contribution is -0.253. The summed E-state index contributed by atoms with van der Waals surface area (Å²) in [6, 6.07) is 0. The van der Waals surface area contributed by atoms with E-state index in [2.05, 4.69) is 0 Å². The molecule has 13 heteroatoms.